The number of hydrogen-bond donors (Lipinski definition) is 0. The summed E-state index contributed by atoms with van der Waals surface area (Å²) >= 11 is 0. The summed E-state index contributed by atoms with van der Waals surface area (Å²) in [5.74, 6) is 1.40. The number of aromatic nitrogens is 1. The molecule has 0 amide bonds. The molecule has 0 N–H and O–H groups in total. The van der Waals surface area contributed by atoms with E-state index in [2.05, 4.69) is 5.16 Å². The van der Waals surface area contributed by atoms with Gasteiger partial charge in [0.2, 0.25) is 5.76 Å². The zero-order chi connectivity index (χ0) is 16.8. The number of benzene rings is 1. The second-order valence-electron chi connectivity index (χ2n) is 4.64. The van der Waals surface area contributed by atoms with Gasteiger partial charge in [0, 0.05) is 0 Å². The Kier molecular flexibility index (Phi) is 5.35. The normalized spacial score (nSPS) is 10.9. The molecule has 1 aromatic carbocycles. The first-order valence-electron chi connectivity index (χ1n) is 7.25. The molecule has 0 saturated heterocycles. The van der Waals surface area contributed by atoms with E-state index in [0.717, 1.165) is 5.56 Å². The van der Waals surface area contributed by atoms with Gasteiger partial charge in [-0.15, -0.1) is 0 Å². The van der Waals surface area contributed by atoms with Crippen LogP contribution in [0.15, 0.2) is 22.7 Å². The molecule has 0 atom stereocenters. The van der Waals surface area contributed by atoms with E-state index < -0.39 is 4.92 Å². The lowest BCUT2D eigenvalue weighted by Gasteiger charge is -2.11. The Bertz CT molecular complexity index is 721. The summed E-state index contributed by atoms with van der Waals surface area (Å²) < 4.78 is 16.0. The minimum atomic E-state index is -0.505. The number of rotatable bonds is 7. The van der Waals surface area contributed by atoms with Crippen molar-refractivity contribution >= 4 is 17.8 Å². The lowest BCUT2D eigenvalue weighted by atomic mass is 10.1. The molecule has 0 aliphatic rings. The van der Waals surface area contributed by atoms with Gasteiger partial charge >= 0.3 is 5.69 Å². The Morgan fingerprint density at radius 3 is 2.57 bits per heavy atom. The Morgan fingerprint density at radius 2 is 1.91 bits per heavy atom. The Balaban J connectivity index is 2.29. The highest BCUT2D eigenvalue weighted by Crippen LogP contribution is 2.30. The van der Waals surface area contributed by atoms with E-state index >= 15 is 0 Å². The predicted molar refractivity (Wildman–Crippen MR) is 85.6 cm³/mol. The second kappa shape index (κ2) is 7.44. The molecule has 0 unspecified atom stereocenters. The minimum absolute atomic E-state index is 0.111. The van der Waals surface area contributed by atoms with Crippen molar-refractivity contribution in [3.8, 4) is 11.5 Å². The molecule has 7 heteroatoms. The fraction of sp³-hybridized carbons (Fsp3) is 0.312. The van der Waals surface area contributed by atoms with Crippen LogP contribution >= 0.6 is 0 Å². The topological polar surface area (TPSA) is 87.6 Å². The zero-order valence-corrected chi connectivity index (χ0v) is 13.2. The van der Waals surface area contributed by atoms with Crippen LogP contribution in [0.1, 0.15) is 30.9 Å². The largest absolute Gasteiger partial charge is 0.490 e. The molecule has 2 aromatic rings. The van der Waals surface area contributed by atoms with Gasteiger partial charge in [-0.05, 0) is 44.5 Å². The number of nitro groups is 1. The number of hydrogen-bond acceptors (Lipinski definition) is 6. The smallest absolute Gasteiger partial charge is 0.338 e. The van der Waals surface area contributed by atoms with Crippen LogP contribution in [0.2, 0.25) is 0 Å². The van der Waals surface area contributed by atoms with E-state index in [9.17, 15) is 10.1 Å². The highest BCUT2D eigenvalue weighted by molar-refractivity contribution is 5.72. The van der Waals surface area contributed by atoms with Crippen LogP contribution in [0.3, 0.4) is 0 Å². The highest BCUT2D eigenvalue weighted by atomic mass is 16.6. The molecule has 122 valence electrons. The molecular formula is C16H18N2O5. The van der Waals surface area contributed by atoms with Crippen molar-refractivity contribution in [2.75, 3.05) is 13.2 Å². The average Bonchev–Trinajstić information content (AvgIpc) is 2.89. The molecule has 0 saturated carbocycles. The molecule has 1 aromatic heterocycles. The predicted octanol–water partition coefficient (Wildman–Crippen LogP) is 3.86. The van der Waals surface area contributed by atoms with Gasteiger partial charge in [-0.3, -0.25) is 10.1 Å². The lowest BCUT2D eigenvalue weighted by Crippen LogP contribution is -1.98. The van der Waals surface area contributed by atoms with E-state index in [1.165, 1.54) is 13.0 Å². The molecule has 2 rings (SSSR count). The van der Waals surface area contributed by atoms with Crippen molar-refractivity contribution < 1.29 is 18.9 Å². The van der Waals surface area contributed by atoms with Crippen LogP contribution in [0.5, 0.6) is 11.5 Å². The van der Waals surface area contributed by atoms with E-state index in [1.54, 1.807) is 18.2 Å². The maximum Gasteiger partial charge on any atom is 0.338 e. The molecule has 0 spiro atoms. The van der Waals surface area contributed by atoms with Gasteiger partial charge in [0.25, 0.3) is 0 Å². The van der Waals surface area contributed by atoms with Crippen molar-refractivity contribution in [3.63, 3.8) is 0 Å². The van der Waals surface area contributed by atoms with Crippen molar-refractivity contribution in [1.29, 1.82) is 0 Å². The summed E-state index contributed by atoms with van der Waals surface area (Å²) in [5.41, 5.74) is 0.925. The summed E-state index contributed by atoms with van der Waals surface area (Å²) in [6, 6.07) is 5.44. The molecule has 7 nitrogen and oxygen atoms in total. The highest BCUT2D eigenvalue weighted by Gasteiger charge is 2.21. The maximum absolute atomic E-state index is 11.0. The molecule has 23 heavy (non-hydrogen) atoms. The zero-order valence-electron chi connectivity index (χ0n) is 13.2. The van der Waals surface area contributed by atoms with Gasteiger partial charge in [0.05, 0.1) is 18.1 Å². The van der Waals surface area contributed by atoms with Gasteiger partial charge in [-0.1, -0.05) is 17.3 Å². The van der Waals surface area contributed by atoms with Crippen molar-refractivity contribution in [3.05, 3.63) is 45.3 Å². The first kappa shape index (κ1) is 16.5. The first-order chi connectivity index (χ1) is 11.1. The Hall–Kier alpha value is -2.83. The SMILES string of the molecule is CCOc1ccc(/C=C\c2onc(C)c2[N+](=O)[O-])cc1OCC. The molecule has 1 heterocycles. The van der Waals surface area contributed by atoms with Crippen molar-refractivity contribution in [2.45, 2.75) is 20.8 Å². The van der Waals surface area contributed by atoms with Crippen molar-refractivity contribution in [1.82, 2.24) is 5.16 Å². The summed E-state index contributed by atoms with van der Waals surface area (Å²) in [6.45, 7) is 6.37. The van der Waals surface area contributed by atoms with Crippen LogP contribution in [0.25, 0.3) is 12.2 Å². The monoisotopic (exact) mass is 318 g/mol. The standard InChI is InChI=1S/C16H18N2O5/c1-4-21-13-8-6-12(10-15(13)22-5-2)7-9-14-16(18(19)20)11(3)17-23-14/h6-10H,4-5H2,1-3H3/b9-7-. The quantitative estimate of drug-likeness (QED) is 0.569. The Morgan fingerprint density at radius 1 is 1.22 bits per heavy atom. The van der Waals surface area contributed by atoms with Crippen LogP contribution in [0.4, 0.5) is 5.69 Å². The maximum atomic E-state index is 11.0. The fourth-order valence-electron chi connectivity index (χ4n) is 2.06. The Labute approximate surface area is 133 Å². The van der Waals surface area contributed by atoms with Gasteiger partial charge in [-0.2, -0.15) is 0 Å². The van der Waals surface area contributed by atoms with E-state index in [-0.39, 0.29) is 17.1 Å². The van der Waals surface area contributed by atoms with Gasteiger partial charge in [-0.25, -0.2) is 0 Å². The third kappa shape index (κ3) is 3.88. The summed E-state index contributed by atoms with van der Waals surface area (Å²) in [5, 5.41) is 14.6. The van der Waals surface area contributed by atoms with E-state index in [1.807, 2.05) is 19.9 Å². The third-order valence-corrected chi connectivity index (χ3v) is 3.03. The van der Waals surface area contributed by atoms with Crippen molar-refractivity contribution in [2.24, 2.45) is 0 Å². The van der Waals surface area contributed by atoms with Gasteiger partial charge in [0.15, 0.2) is 17.2 Å². The van der Waals surface area contributed by atoms with Crippen LogP contribution in [-0.2, 0) is 0 Å². The second-order valence-corrected chi connectivity index (χ2v) is 4.64. The van der Waals surface area contributed by atoms with Crippen LogP contribution in [-0.4, -0.2) is 23.3 Å². The van der Waals surface area contributed by atoms with Crippen LogP contribution < -0.4 is 9.47 Å². The molecule has 0 fully saturated rings. The summed E-state index contributed by atoms with van der Waals surface area (Å²) in [6.07, 6.45) is 3.22. The number of aryl methyl sites for hydroxylation is 1. The number of ether oxygens (including phenoxy) is 2. The van der Waals surface area contributed by atoms with Gasteiger partial charge in [0.1, 0.15) is 0 Å². The molecule has 0 radical (unpaired) electrons. The third-order valence-electron chi connectivity index (χ3n) is 3.03. The fourth-order valence-corrected chi connectivity index (χ4v) is 2.06. The minimum Gasteiger partial charge on any atom is -0.490 e. The summed E-state index contributed by atoms with van der Waals surface area (Å²) in [7, 11) is 0. The van der Waals surface area contributed by atoms with E-state index in [4.69, 9.17) is 14.0 Å². The number of nitrogens with zero attached hydrogens (tertiary/aromatic N) is 2. The lowest BCUT2D eigenvalue weighted by molar-refractivity contribution is -0.386. The van der Waals surface area contributed by atoms with Crippen LogP contribution in [0, 0.1) is 17.0 Å². The van der Waals surface area contributed by atoms with Gasteiger partial charge < -0.3 is 14.0 Å². The summed E-state index contributed by atoms with van der Waals surface area (Å²) in [4.78, 5) is 10.5. The average molecular weight is 318 g/mol. The molecule has 0 bridgehead atoms. The molecule has 0 aliphatic heterocycles. The first-order valence-corrected chi connectivity index (χ1v) is 7.25. The molecular weight excluding hydrogens is 300 g/mol. The van der Waals surface area contributed by atoms with E-state index in [0.29, 0.717) is 24.7 Å². The molecule has 0 aliphatic carbocycles.